The molecule has 3 aromatic rings. The van der Waals surface area contributed by atoms with E-state index in [4.69, 9.17) is 0 Å². The molecule has 0 radical (unpaired) electrons. The van der Waals surface area contributed by atoms with E-state index in [1.165, 1.54) is 18.2 Å². The van der Waals surface area contributed by atoms with E-state index in [9.17, 15) is 9.18 Å². The highest BCUT2D eigenvalue weighted by molar-refractivity contribution is 6.01. The van der Waals surface area contributed by atoms with Crippen molar-refractivity contribution < 1.29 is 9.18 Å². The van der Waals surface area contributed by atoms with Gasteiger partial charge in [0.2, 0.25) is 5.91 Å². The number of nitrogens with one attached hydrogen (secondary N) is 1. The highest BCUT2D eigenvalue weighted by atomic mass is 19.1. The molecule has 0 unspecified atom stereocenters. The van der Waals surface area contributed by atoms with E-state index < -0.39 is 0 Å². The number of carbonyl (C=O) groups excluding carboxylic acids is 1. The van der Waals surface area contributed by atoms with Crippen molar-refractivity contribution in [2.45, 2.75) is 26.9 Å². The number of aromatic nitrogens is 4. The first-order valence-corrected chi connectivity index (χ1v) is 8.34. The van der Waals surface area contributed by atoms with Crippen LogP contribution in [-0.2, 0) is 17.9 Å². The molecule has 0 spiro atoms. The average Bonchev–Trinajstić information content (AvgIpc) is 3.19. The highest BCUT2D eigenvalue weighted by Crippen LogP contribution is 2.10. The van der Waals surface area contributed by atoms with Gasteiger partial charge in [0.1, 0.15) is 5.82 Å². The molecule has 0 aliphatic rings. The normalized spacial score (nSPS) is 11.2. The molecule has 1 N–H and O–H groups in total. The molecule has 3 rings (SSSR count). The minimum absolute atomic E-state index is 0.273. The summed E-state index contributed by atoms with van der Waals surface area (Å²) in [5.41, 5.74) is 2.71. The van der Waals surface area contributed by atoms with Crippen LogP contribution in [0.5, 0.6) is 0 Å². The number of hydrogen-bond acceptors (Lipinski definition) is 3. The van der Waals surface area contributed by atoms with Gasteiger partial charge in [-0.25, -0.2) is 4.39 Å². The Hall–Kier alpha value is -3.22. The molecule has 1 aromatic carbocycles. The first-order valence-electron chi connectivity index (χ1n) is 8.34. The van der Waals surface area contributed by atoms with E-state index in [0.717, 1.165) is 23.4 Å². The predicted octanol–water partition coefficient (Wildman–Crippen LogP) is 3.25. The number of amides is 1. The van der Waals surface area contributed by atoms with E-state index in [1.54, 1.807) is 35.3 Å². The quantitative estimate of drug-likeness (QED) is 0.692. The lowest BCUT2D eigenvalue weighted by molar-refractivity contribution is -0.111. The lowest BCUT2D eigenvalue weighted by Crippen LogP contribution is -2.09. The summed E-state index contributed by atoms with van der Waals surface area (Å²) in [5.74, 6) is -0.114. The summed E-state index contributed by atoms with van der Waals surface area (Å²) in [6, 6.07) is 8.04. The van der Waals surface area contributed by atoms with Gasteiger partial charge in [-0.05, 0) is 37.6 Å². The molecule has 7 heteroatoms. The van der Waals surface area contributed by atoms with Crippen LogP contribution in [0.1, 0.15) is 23.7 Å². The molecule has 6 nitrogen and oxygen atoms in total. The molecule has 0 aliphatic carbocycles. The topological polar surface area (TPSA) is 64.7 Å². The molecule has 0 saturated heterocycles. The summed E-state index contributed by atoms with van der Waals surface area (Å²) < 4.78 is 16.7. The number of rotatable bonds is 6. The van der Waals surface area contributed by atoms with Gasteiger partial charge >= 0.3 is 0 Å². The summed E-state index contributed by atoms with van der Waals surface area (Å²) in [6.45, 7) is 5.19. The average molecular weight is 353 g/mol. The largest absolute Gasteiger partial charge is 0.306 e. The lowest BCUT2D eigenvalue weighted by atomic mass is 10.2. The Morgan fingerprint density at radius 2 is 2.19 bits per heavy atom. The van der Waals surface area contributed by atoms with Crippen molar-refractivity contribution in [1.29, 1.82) is 0 Å². The Balaban J connectivity index is 1.60. The summed E-state index contributed by atoms with van der Waals surface area (Å²) >= 11 is 0. The summed E-state index contributed by atoms with van der Waals surface area (Å²) in [4.78, 5) is 12.1. The van der Waals surface area contributed by atoms with Crippen molar-refractivity contribution in [3.8, 4) is 0 Å². The maximum atomic E-state index is 13.2. The van der Waals surface area contributed by atoms with Crippen LogP contribution in [0.25, 0.3) is 6.08 Å². The second kappa shape index (κ2) is 7.77. The highest BCUT2D eigenvalue weighted by Gasteiger charge is 2.05. The minimum Gasteiger partial charge on any atom is -0.306 e. The maximum absolute atomic E-state index is 13.2. The van der Waals surface area contributed by atoms with E-state index in [0.29, 0.717) is 12.4 Å². The molecule has 0 atom stereocenters. The summed E-state index contributed by atoms with van der Waals surface area (Å²) in [5, 5.41) is 11.2. The van der Waals surface area contributed by atoms with Crippen molar-refractivity contribution in [2.24, 2.45) is 0 Å². The predicted molar refractivity (Wildman–Crippen MR) is 98.0 cm³/mol. The van der Waals surface area contributed by atoms with Crippen LogP contribution in [0, 0.1) is 12.7 Å². The van der Waals surface area contributed by atoms with Gasteiger partial charge in [-0.15, -0.1) is 0 Å². The van der Waals surface area contributed by atoms with E-state index in [2.05, 4.69) is 15.5 Å². The van der Waals surface area contributed by atoms with Crippen molar-refractivity contribution in [3.63, 3.8) is 0 Å². The Bertz CT molecular complexity index is 941. The number of nitrogens with zero attached hydrogens (tertiary/aromatic N) is 4. The summed E-state index contributed by atoms with van der Waals surface area (Å²) in [7, 11) is 0. The Morgan fingerprint density at radius 3 is 2.92 bits per heavy atom. The number of aryl methyl sites for hydroxylation is 1. The fourth-order valence-corrected chi connectivity index (χ4v) is 2.62. The number of anilines is 1. The lowest BCUT2D eigenvalue weighted by Gasteiger charge is -2.02. The third kappa shape index (κ3) is 4.24. The van der Waals surface area contributed by atoms with E-state index in [-0.39, 0.29) is 11.7 Å². The van der Waals surface area contributed by atoms with Gasteiger partial charge in [0.15, 0.2) is 5.82 Å². The summed E-state index contributed by atoms with van der Waals surface area (Å²) in [6.07, 6.45) is 6.65. The van der Waals surface area contributed by atoms with Crippen LogP contribution in [0.3, 0.4) is 0 Å². The van der Waals surface area contributed by atoms with Crippen molar-refractivity contribution in [1.82, 2.24) is 19.6 Å². The standard InChI is InChI=1S/C19H20FN5O/c1-3-25-14(2)16(12-21-25)7-8-19(26)22-18-9-10-24(23-18)13-15-5-4-6-17(20)11-15/h4-12H,3,13H2,1-2H3,(H,22,23,26)/b8-7+. The molecular weight excluding hydrogens is 333 g/mol. The van der Waals surface area contributed by atoms with Crippen molar-refractivity contribution in [3.05, 3.63) is 71.4 Å². The Labute approximate surface area is 151 Å². The second-order valence-electron chi connectivity index (χ2n) is 5.85. The Morgan fingerprint density at radius 1 is 1.35 bits per heavy atom. The van der Waals surface area contributed by atoms with Crippen LogP contribution in [-0.4, -0.2) is 25.5 Å². The molecular formula is C19H20FN5O. The van der Waals surface area contributed by atoms with Gasteiger partial charge in [-0.3, -0.25) is 14.2 Å². The molecule has 26 heavy (non-hydrogen) atoms. The van der Waals surface area contributed by atoms with Crippen molar-refractivity contribution >= 4 is 17.8 Å². The van der Waals surface area contributed by atoms with Crippen LogP contribution in [0.2, 0.25) is 0 Å². The number of hydrogen-bond donors (Lipinski definition) is 1. The van der Waals surface area contributed by atoms with E-state index >= 15 is 0 Å². The smallest absolute Gasteiger partial charge is 0.249 e. The maximum Gasteiger partial charge on any atom is 0.249 e. The fraction of sp³-hybridized carbons (Fsp3) is 0.211. The number of halogens is 1. The minimum atomic E-state index is -0.282. The van der Waals surface area contributed by atoms with Gasteiger partial charge in [-0.2, -0.15) is 10.2 Å². The number of carbonyl (C=O) groups is 1. The zero-order valence-electron chi connectivity index (χ0n) is 14.7. The van der Waals surface area contributed by atoms with Crippen LogP contribution in [0.4, 0.5) is 10.2 Å². The number of benzene rings is 1. The molecule has 0 saturated carbocycles. The monoisotopic (exact) mass is 353 g/mol. The zero-order valence-corrected chi connectivity index (χ0v) is 14.7. The van der Waals surface area contributed by atoms with Gasteiger partial charge in [0.05, 0.1) is 12.7 Å². The molecule has 0 bridgehead atoms. The second-order valence-corrected chi connectivity index (χ2v) is 5.85. The van der Waals surface area contributed by atoms with Gasteiger partial charge in [0, 0.05) is 36.1 Å². The van der Waals surface area contributed by atoms with Crippen molar-refractivity contribution in [2.75, 3.05) is 5.32 Å². The molecule has 2 heterocycles. The molecule has 1 amide bonds. The van der Waals surface area contributed by atoms with Crippen LogP contribution < -0.4 is 5.32 Å². The fourth-order valence-electron chi connectivity index (χ4n) is 2.62. The third-order valence-corrected chi connectivity index (χ3v) is 3.98. The Kier molecular flexibility index (Phi) is 5.26. The first-order chi connectivity index (χ1) is 12.5. The van der Waals surface area contributed by atoms with E-state index in [1.807, 2.05) is 24.6 Å². The first kappa shape index (κ1) is 17.6. The van der Waals surface area contributed by atoms with Gasteiger partial charge in [0.25, 0.3) is 0 Å². The van der Waals surface area contributed by atoms with Gasteiger partial charge in [-0.1, -0.05) is 12.1 Å². The molecule has 0 fully saturated rings. The van der Waals surface area contributed by atoms with Gasteiger partial charge < -0.3 is 5.32 Å². The third-order valence-electron chi connectivity index (χ3n) is 3.98. The zero-order chi connectivity index (χ0) is 18.5. The molecule has 0 aliphatic heterocycles. The molecule has 134 valence electrons. The van der Waals surface area contributed by atoms with Crippen LogP contribution in [0.15, 0.2) is 48.8 Å². The molecule has 2 aromatic heterocycles. The SMILES string of the molecule is CCn1ncc(/C=C/C(=O)Nc2ccn(Cc3cccc(F)c3)n2)c1C. The van der Waals surface area contributed by atoms with Crippen LogP contribution >= 0.6 is 0 Å².